The average molecular weight is 487 g/mol. The van der Waals surface area contributed by atoms with Gasteiger partial charge in [0.25, 0.3) is 5.69 Å². The molecule has 3 rings (SSSR count). The number of halogens is 1. The lowest BCUT2D eigenvalue weighted by Crippen LogP contribution is -2.18. The zero-order chi connectivity index (χ0) is 23.8. The number of rotatable bonds is 10. The second-order valence-electron chi connectivity index (χ2n) is 6.64. The highest BCUT2D eigenvalue weighted by atomic mass is 35.5. The number of nitrogens with one attached hydrogen (secondary N) is 2. The van der Waals surface area contributed by atoms with Crippen LogP contribution in [-0.2, 0) is 22.6 Å². The van der Waals surface area contributed by atoms with E-state index in [2.05, 4.69) is 27.4 Å². The number of aromatic nitrogens is 3. The standard InChI is InChI=1S/C21H19ClN6O4S/c1-2-11-27-18(12-19(29)24-17-6-4-3-5-16(17)22)25-26-21(27)33-13-20(30)23-14-7-9-15(10-8-14)28(31)32/h2-10H,1,11-13H2,(H,23,30)(H,24,29). The molecule has 1 aromatic heterocycles. The molecule has 170 valence electrons. The summed E-state index contributed by atoms with van der Waals surface area (Å²) in [4.78, 5) is 34.9. The van der Waals surface area contributed by atoms with Crippen molar-refractivity contribution in [2.75, 3.05) is 16.4 Å². The average Bonchev–Trinajstić information content (AvgIpc) is 3.15. The van der Waals surface area contributed by atoms with Gasteiger partial charge in [-0.3, -0.25) is 19.7 Å². The predicted octanol–water partition coefficient (Wildman–Crippen LogP) is 3.94. The number of hydrogen-bond acceptors (Lipinski definition) is 7. The molecule has 2 amide bonds. The van der Waals surface area contributed by atoms with Crippen molar-refractivity contribution in [3.05, 3.63) is 82.1 Å². The predicted molar refractivity (Wildman–Crippen MR) is 126 cm³/mol. The van der Waals surface area contributed by atoms with Gasteiger partial charge in [-0.1, -0.05) is 41.6 Å². The first kappa shape index (κ1) is 24.0. The maximum Gasteiger partial charge on any atom is 0.269 e. The monoisotopic (exact) mass is 486 g/mol. The summed E-state index contributed by atoms with van der Waals surface area (Å²) in [6, 6.07) is 12.4. The lowest BCUT2D eigenvalue weighted by Gasteiger charge is -2.09. The number of allylic oxidation sites excluding steroid dienone is 1. The summed E-state index contributed by atoms with van der Waals surface area (Å²) in [6.07, 6.45) is 1.60. The van der Waals surface area contributed by atoms with Crippen LogP contribution in [0, 0.1) is 10.1 Å². The highest BCUT2D eigenvalue weighted by Gasteiger charge is 2.17. The first-order valence-corrected chi connectivity index (χ1v) is 11.0. The number of carbonyl (C=O) groups excluding carboxylic acids is 2. The molecule has 12 heteroatoms. The van der Waals surface area contributed by atoms with Gasteiger partial charge in [0.2, 0.25) is 11.8 Å². The van der Waals surface area contributed by atoms with E-state index in [0.717, 1.165) is 11.8 Å². The van der Waals surface area contributed by atoms with Gasteiger partial charge in [0, 0.05) is 24.4 Å². The van der Waals surface area contributed by atoms with E-state index in [-0.39, 0.29) is 29.7 Å². The van der Waals surface area contributed by atoms with Gasteiger partial charge in [-0.05, 0) is 24.3 Å². The van der Waals surface area contributed by atoms with Crippen molar-refractivity contribution in [1.82, 2.24) is 14.8 Å². The van der Waals surface area contributed by atoms with Gasteiger partial charge < -0.3 is 15.2 Å². The lowest BCUT2D eigenvalue weighted by molar-refractivity contribution is -0.384. The molecule has 0 spiro atoms. The van der Waals surface area contributed by atoms with Crippen LogP contribution in [-0.4, -0.2) is 37.3 Å². The molecule has 0 unspecified atom stereocenters. The number of thioether (sulfide) groups is 1. The SMILES string of the molecule is C=CCn1c(CC(=O)Nc2ccccc2Cl)nnc1SCC(=O)Nc1ccc([N+](=O)[O-])cc1. The zero-order valence-electron chi connectivity index (χ0n) is 17.2. The molecule has 0 radical (unpaired) electrons. The van der Waals surface area contributed by atoms with Crippen molar-refractivity contribution in [3.63, 3.8) is 0 Å². The van der Waals surface area contributed by atoms with Crippen molar-refractivity contribution in [2.45, 2.75) is 18.1 Å². The fourth-order valence-corrected chi connectivity index (χ4v) is 3.71. The van der Waals surface area contributed by atoms with Crippen molar-refractivity contribution in [1.29, 1.82) is 0 Å². The van der Waals surface area contributed by atoms with Gasteiger partial charge in [0.05, 0.1) is 27.8 Å². The number of nitro benzene ring substituents is 1. The molecule has 1 heterocycles. The maximum atomic E-state index is 12.4. The molecule has 0 saturated heterocycles. The largest absolute Gasteiger partial charge is 0.325 e. The topological polar surface area (TPSA) is 132 Å². The quantitative estimate of drug-likeness (QED) is 0.192. The van der Waals surface area contributed by atoms with Crippen LogP contribution >= 0.6 is 23.4 Å². The van der Waals surface area contributed by atoms with Crippen LogP contribution in [0.2, 0.25) is 5.02 Å². The first-order valence-electron chi connectivity index (χ1n) is 9.62. The molecule has 0 aliphatic heterocycles. The van der Waals surface area contributed by atoms with E-state index in [1.54, 1.807) is 34.9 Å². The van der Waals surface area contributed by atoms with Crippen molar-refractivity contribution < 1.29 is 14.5 Å². The molecular formula is C21H19ClN6O4S. The molecule has 0 saturated carbocycles. The van der Waals surface area contributed by atoms with E-state index in [1.807, 2.05) is 0 Å². The molecule has 2 N–H and O–H groups in total. The van der Waals surface area contributed by atoms with Crippen molar-refractivity contribution in [3.8, 4) is 0 Å². The van der Waals surface area contributed by atoms with E-state index in [0.29, 0.717) is 33.9 Å². The minimum absolute atomic E-state index is 0.0259. The molecule has 0 aliphatic carbocycles. The number of benzene rings is 2. The fourth-order valence-electron chi connectivity index (χ4n) is 2.76. The van der Waals surface area contributed by atoms with Crippen LogP contribution < -0.4 is 10.6 Å². The second-order valence-corrected chi connectivity index (χ2v) is 7.99. The highest BCUT2D eigenvalue weighted by Crippen LogP contribution is 2.22. The Bertz CT molecular complexity index is 1180. The smallest absolute Gasteiger partial charge is 0.269 e. The van der Waals surface area contributed by atoms with Gasteiger partial charge >= 0.3 is 0 Å². The summed E-state index contributed by atoms with van der Waals surface area (Å²) >= 11 is 7.22. The Kier molecular flexibility index (Phi) is 8.17. The van der Waals surface area contributed by atoms with E-state index in [9.17, 15) is 19.7 Å². The van der Waals surface area contributed by atoms with Crippen molar-refractivity contribution >= 4 is 52.2 Å². The highest BCUT2D eigenvalue weighted by molar-refractivity contribution is 7.99. The summed E-state index contributed by atoms with van der Waals surface area (Å²) in [5.41, 5.74) is 0.873. The molecular weight excluding hydrogens is 468 g/mol. The molecule has 3 aromatic rings. The van der Waals surface area contributed by atoms with Crippen LogP contribution in [0.15, 0.2) is 66.3 Å². The molecule has 33 heavy (non-hydrogen) atoms. The van der Waals surface area contributed by atoms with Gasteiger partial charge in [-0.2, -0.15) is 0 Å². The number of anilines is 2. The summed E-state index contributed by atoms with van der Waals surface area (Å²) in [7, 11) is 0. The lowest BCUT2D eigenvalue weighted by atomic mass is 10.3. The Hall–Kier alpha value is -3.70. The van der Waals surface area contributed by atoms with Gasteiger partial charge in [-0.15, -0.1) is 16.8 Å². The van der Waals surface area contributed by atoms with Crippen molar-refractivity contribution in [2.24, 2.45) is 0 Å². The Labute approximate surface area is 198 Å². The summed E-state index contributed by atoms with van der Waals surface area (Å²) in [5, 5.41) is 25.2. The fraction of sp³-hybridized carbons (Fsp3) is 0.143. The number of nitrogens with zero attached hydrogens (tertiary/aromatic N) is 4. The maximum absolute atomic E-state index is 12.4. The number of nitro groups is 1. The van der Waals surface area contributed by atoms with Crippen LogP contribution in [0.1, 0.15) is 5.82 Å². The molecule has 0 fully saturated rings. The molecule has 0 bridgehead atoms. The number of hydrogen-bond donors (Lipinski definition) is 2. The zero-order valence-corrected chi connectivity index (χ0v) is 18.8. The van der Waals surface area contributed by atoms with Crippen LogP contribution in [0.25, 0.3) is 0 Å². The molecule has 0 atom stereocenters. The van der Waals surface area contributed by atoms with Crippen LogP contribution in [0.3, 0.4) is 0 Å². The Morgan fingerprint density at radius 3 is 2.52 bits per heavy atom. The molecule has 0 aliphatic rings. The third-order valence-corrected chi connectivity index (χ3v) is 5.56. The normalized spacial score (nSPS) is 10.5. The van der Waals surface area contributed by atoms with E-state index < -0.39 is 4.92 Å². The van der Waals surface area contributed by atoms with E-state index in [4.69, 9.17) is 11.6 Å². The number of amides is 2. The summed E-state index contributed by atoms with van der Waals surface area (Å²) < 4.78 is 1.70. The third-order valence-electron chi connectivity index (χ3n) is 4.27. The third kappa shape index (κ3) is 6.64. The van der Waals surface area contributed by atoms with E-state index >= 15 is 0 Å². The second kappa shape index (κ2) is 11.2. The van der Waals surface area contributed by atoms with Gasteiger partial charge in [0.1, 0.15) is 5.82 Å². The number of non-ortho nitro benzene ring substituents is 1. The number of para-hydroxylation sites is 1. The molecule has 2 aromatic carbocycles. The van der Waals surface area contributed by atoms with Gasteiger partial charge in [-0.25, -0.2) is 0 Å². The van der Waals surface area contributed by atoms with Gasteiger partial charge in [0.15, 0.2) is 5.16 Å². The Balaban J connectivity index is 1.61. The van der Waals surface area contributed by atoms with Crippen LogP contribution in [0.5, 0.6) is 0 Å². The number of carbonyl (C=O) groups is 2. The summed E-state index contributed by atoms with van der Waals surface area (Å²) in [5.74, 6) is -0.191. The molecule has 10 nitrogen and oxygen atoms in total. The minimum Gasteiger partial charge on any atom is -0.325 e. The minimum atomic E-state index is -0.514. The Morgan fingerprint density at radius 2 is 1.85 bits per heavy atom. The van der Waals surface area contributed by atoms with Crippen LogP contribution in [0.4, 0.5) is 17.1 Å². The summed E-state index contributed by atoms with van der Waals surface area (Å²) in [6.45, 7) is 4.07. The Morgan fingerprint density at radius 1 is 1.12 bits per heavy atom. The van der Waals surface area contributed by atoms with E-state index in [1.165, 1.54) is 24.3 Å². The first-order chi connectivity index (χ1) is 15.9.